The zero-order valence-electron chi connectivity index (χ0n) is 14.7. The second-order valence-electron chi connectivity index (χ2n) is 5.94. The second kappa shape index (κ2) is 9.76. The molecule has 3 heteroatoms. The maximum Gasteiger partial charge on any atom is 0.255 e. The Bertz CT molecular complexity index is 617. The first-order chi connectivity index (χ1) is 11.7. The molecule has 2 rings (SSSR count). The maximum absolute atomic E-state index is 12.3. The van der Waals surface area contributed by atoms with E-state index in [0.717, 1.165) is 30.9 Å². The molecule has 0 unspecified atom stereocenters. The molecule has 3 nitrogen and oxygen atoms in total. The van der Waals surface area contributed by atoms with Gasteiger partial charge >= 0.3 is 0 Å². The lowest BCUT2D eigenvalue weighted by Crippen LogP contribution is -2.11. The number of rotatable bonds is 9. The van der Waals surface area contributed by atoms with Crippen molar-refractivity contribution in [3.8, 4) is 5.75 Å². The summed E-state index contributed by atoms with van der Waals surface area (Å²) in [6.45, 7) is 5.04. The van der Waals surface area contributed by atoms with Gasteiger partial charge in [0.05, 0.1) is 6.61 Å². The average Bonchev–Trinajstić information content (AvgIpc) is 2.62. The van der Waals surface area contributed by atoms with Crippen molar-refractivity contribution in [2.24, 2.45) is 0 Å². The van der Waals surface area contributed by atoms with Crippen LogP contribution < -0.4 is 10.1 Å². The van der Waals surface area contributed by atoms with Crippen LogP contribution in [0, 0.1) is 0 Å². The molecule has 0 aliphatic carbocycles. The number of aryl methyl sites for hydroxylation is 1. The SMILES string of the molecule is CCCCCCOc1ccc(C(=O)Nc2ccc(CC)cc2)cc1. The number of amides is 1. The molecule has 0 fully saturated rings. The molecule has 2 aromatic rings. The quantitative estimate of drug-likeness (QED) is 0.622. The summed E-state index contributed by atoms with van der Waals surface area (Å²) in [7, 11) is 0. The number of benzene rings is 2. The van der Waals surface area contributed by atoms with Gasteiger partial charge < -0.3 is 10.1 Å². The van der Waals surface area contributed by atoms with Crippen molar-refractivity contribution < 1.29 is 9.53 Å². The highest BCUT2D eigenvalue weighted by atomic mass is 16.5. The predicted molar refractivity (Wildman–Crippen MR) is 99.9 cm³/mol. The highest BCUT2D eigenvalue weighted by molar-refractivity contribution is 6.04. The van der Waals surface area contributed by atoms with E-state index in [9.17, 15) is 4.79 Å². The summed E-state index contributed by atoms with van der Waals surface area (Å²) in [5.74, 6) is 0.712. The first kappa shape index (κ1) is 18.1. The van der Waals surface area contributed by atoms with Gasteiger partial charge in [0.15, 0.2) is 0 Å². The maximum atomic E-state index is 12.3. The number of hydrogen-bond acceptors (Lipinski definition) is 2. The van der Waals surface area contributed by atoms with Crippen molar-refractivity contribution in [1.82, 2.24) is 0 Å². The van der Waals surface area contributed by atoms with E-state index < -0.39 is 0 Å². The number of carbonyl (C=O) groups excluding carboxylic acids is 1. The first-order valence-electron chi connectivity index (χ1n) is 8.86. The van der Waals surface area contributed by atoms with Crippen molar-refractivity contribution in [3.63, 3.8) is 0 Å². The van der Waals surface area contributed by atoms with Gasteiger partial charge in [-0.15, -0.1) is 0 Å². The molecule has 0 aliphatic rings. The van der Waals surface area contributed by atoms with E-state index in [2.05, 4.69) is 19.2 Å². The van der Waals surface area contributed by atoms with Crippen molar-refractivity contribution >= 4 is 11.6 Å². The van der Waals surface area contributed by atoms with Gasteiger partial charge in [-0.25, -0.2) is 0 Å². The van der Waals surface area contributed by atoms with Gasteiger partial charge in [-0.2, -0.15) is 0 Å². The lowest BCUT2D eigenvalue weighted by atomic mass is 10.1. The number of carbonyl (C=O) groups is 1. The third-order valence-electron chi connectivity index (χ3n) is 4.00. The minimum absolute atomic E-state index is 0.103. The molecule has 0 saturated carbocycles. The summed E-state index contributed by atoms with van der Waals surface area (Å²) in [5.41, 5.74) is 2.70. The molecule has 0 heterocycles. The van der Waals surface area contributed by atoms with Crippen LogP contribution in [0.1, 0.15) is 55.5 Å². The van der Waals surface area contributed by atoms with E-state index in [4.69, 9.17) is 4.74 Å². The molecule has 0 bridgehead atoms. The van der Waals surface area contributed by atoms with Gasteiger partial charge in [-0.05, 0) is 54.8 Å². The zero-order chi connectivity index (χ0) is 17.2. The Morgan fingerprint density at radius 2 is 1.62 bits per heavy atom. The van der Waals surface area contributed by atoms with Crippen LogP contribution in [0.25, 0.3) is 0 Å². The van der Waals surface area contributed by atoms with E-state index in [0.29, 0.717) is 5.56 Å². The van der Waals surface area contributed by atoms with Crippen molar-refractivity contribution in [3.05, 3.63) is 59.7 Å². The van der Waals surface area contributed by atoms with Gasteiger partial charge in [-0.1, -0.05) is 45.2 Å². The third kappa shape index (κ3) is 5.73. The van der Waals surface area contributed by atoms with Crippen LogP contribution in [0.3, 0.4) is 0 Å². The van der Waals surface area contributed by atoms with Gasteiger partial charge in [0.25, 0.3) is 5.91 Å². The lowest BCUT2D eigenvalue weighted by Gasteiger charge is -2.08. The smallest absolute Gasteiger partial charge is 0.255 e. The molecule has 128 valence electrons. The van der Waals surface area contributed by atoms with Crippen LogP contribution in [0.2, 0.25) is 0 Å². The lowest BCUT2D eigenvalue weighted by molar-refractivity contribution is 0.102. The topological polar surface area (TPSA) is 38.3 Å². The fourth-order valence-corrected chi connectivity index (χ4v) is 2.45. The van der Waals surface area contributed by atoms with E-state index in [-0.39, 0.29) is 5.91 Å². The fourth-order valence-electron chi connectivity index (χ4n) is 2.45. The highest BCUT2D eigenvalue weighted by Crippen LogP contribution is 2.15. The van der Waals surface area contributed by atoms with Crippen LogP contribution in [-0.4, -0.2) is 12.5 Å². The van der Waals surface area contributed by atoms with Crippen molar-refractivity contribution in [2.75, 3.05) is 11.9 Å². The summed E-state index contributed by atoms with van der Waals surface area (Å²) >= 11 is 0. The normalized spacial score (nSPS) is 10.4. The fraction of sp³-hybridized carbons (Fsp3) is 0.381. The summed E-state index contributed by atoms with van der Waals surface area (Å²) in [6.07, 6.45) is 5.75. The molecule has 0 saturated heterocycles. The van der Waals surface area contributed by atoms with Crippen LogP contribution in [0.15, 0.2) is 48.5 Å². The molecule has 0 aliphatic heterocycles. The predicted octanol–water partition coefficient (Wildman–Crippen LogP) is 5.46. The molecule has 1 amide bonds. The van der Waals surface area contributed by atoms with Crippen LogP contribution in [0.5, 0.6) is 5.75 Å². The second-order valence-corrected chi connectivity index (χ2v) is 5.94. The van der Waals surface area contributed by atoms with Crippen LogP contribution in [-0.2, 0) is 6.42 Å². The van der Waals surface area contributed by atoms with Gasteiger partial charge in [0, 0.05) is 11.3 Å². The Morgan fingerprint density at radius 1 is 0.917 bits per heavy atom. The summed E-state index contributed by atoms with van der Waals surface area (Å²) < 4.78 is 5.70. The Kier molecular flexibility index (Phi) is 7.34. The minimum Gasteiger partial charge on any atom is -0.494 e. The highest BCUT2D eigenvalue weighted by Gasteiger charge is 2.06. The summed E-state index contributed by atoms with van der Waals surface area (Å²) in [4.78, 5) is 12.3. The Morgan fingerprint density at radius 3 is 2.25 bits per heavy atom. The molecular formula is C21H27NO2. The Balaban J connectivity index is 1.83. The van der Waals surface area contributed by atoms with Crippen LogP contribution >= 0.6 is 0 Å². The number of unbranched alkanes of at least 4 members (excludes halogenated alkanes) is 3. The van der Waals surface area contributed by atoms with Gasteiger partial charge in [0.2, 0.25) is 0 Å². The molecule has 24 heavy (non-hydrogen) atoms. The number of anilines is 1. The summed E-state index contributed by atoms with van der Waals surface area (Å²) in [6, 6.07) is 15.3. The first-order valence-corrected chi connectivity index (χ1v) is 8.86. The van der Waals surface area contributed by atoms with E-state index in [1.165, 1.54) is 24.8 Å². The van der Waals surface area contributed by atoms with Gasteiger partial charge in [-0.3, -0.25) is 4.79 Å². The molecule has 2 aromatic carbocycles. The summed E-state index contributed by atoms with van der Waals surface area (Å²) in [5, 5.41) is 2.92. The Hall–Kier alpha value is -2.29. The molecule has 0 aromatic heterocycles. The molecule has 1 N–H and O–H groups in total. The van der Waals surface area contributed by atoms with E-state index >= 15 is 0 Å². The third-order valence-corrected chi connectivity index (χ3v) is 4.00. The standard InChI is InChI=1S/C21H27NO2/c1-3-5-6-7-16-24-20-14-10-18(11-15-20)21(23)22-19-12-8-17(4-2)9-13-19/h8-15H,3-7,16H2,1-2H3,(H,22,23). The molecule has 0 spiro atoms. The Labute approximate surface area is 145 Å². The van der Waals surface area contributed by atoms with Crippen molar-refractivity contribution in [2.45, 2.75) is 46.0 Å². The monoisotopic (exact) mass is 325 g/mol. The largest absolute Gasteiger partial charge is 0.494 e. The molecular weight excluding hydrogens is 298 g/mol. The number of nitrogens with one attached hydrogen (secondary N) is 1. The average molecular weight is 325 g/mol. The minimum atomic E-state index is -0.103. The van der Waals surface area contributed by atoms with E-state index in [1.54, 1.807) is 12.1 Å². The van der Waals surface area contributed by atoms with E-state index in [1.807, 2.05) is 36.4 Å². The molecule has 0 radical (unpaired) electrons. The zero-order valence-corrected chi connectivity index (χ0v) is 14.7. The number of ether oxygens (including phenoxy) is 1. The molecule has 0 atom stereocenters. The van der Waals surface area contributed by atoms with Gasteiger partial charge in [0.1, 0.15) is 5.75 Å². The number of hydrogen-bond donors (Lipinski definition) is 1. The van der Waals surface area contributed by atoms with Crippen LogP contribution in [0.4, 0.5) is 5.69 Å². The van der Waals surface area contributed by atoms with Crippen molar-refractivity contribution in [1.29, 1.82) is 0 Å².